The van der Waals surface area contributed by atoms with Crippen LogP contribution >= 0.6 is 0 Å². The Balaban J connectivity index is 1.43. The number of aliphatic hydroxyl groups is 1. The van der Waals surface area contributed by atoms with E-state index in [9.17, 15) is 5.11 Å². The van der Waals surface area contributed by atoms with E-state index >= 15 is 0 Å². The molecule has 1 N–H and O–H groups in total. The predicted octanol–water partition coefficient (Wildman–Crippen LogP) is 2.64. The minimum Gasteiger partial charge on any atom is -0.396 e. The quantitative estimate of drug-likeness (QED) is 0.671. The van der Waals surface area contributed by atoms with Crippen molar-refractivity contribution in [2.24, 2.45) is 0 Å². The molecule has 0 radical (unpaired) electrons. The number of aryl methyl sites for hydroxylation is 1. The first kappa shape index (κ1) is 19.8. The van der Waals surface area contributed by atoms with Crippen LogP contribution in [-0.2, 0) is 13.1 Å². The minimum absolute atomic E-state index is 0.211. The fourth-order valence-electron chi connectivity index (χ4n) is 4.15. The summed E-state index contributed by atoms with van der Waals surface area (Å²) in [6.07, 6.45) is 6.57. The van der Waals surface area contributed by atoms with Crippen molar-refractivity contribution < 1.29 is 5.11 Å². The average molecular weight is 392 g/mol. The number of aromatic nitrogens is 3. The third kappa shape index (κ3) is 4.90. The van der Waals surface area contributed by atoms with Crippen molar-refractivity contribution in [3.8, 4) is 5.69 Å². The van der Waals surface area contributed by atoms with Crippen molar-refractivity contribution in [3.63, 3.8) is 0 Å². The summed E-state index contributed by atoms with van der Waals surface area (Å²) in [5, 5.41) is 9.61. The van der Waals surface area contributed by atoms with E-state index in [1.54, 1.807) is 6.20 Å². The molecule has 3 aromatic heterocycles. The number of hydrogen-bond acceptors (Lipinski definition) is 5. The highest BCUT2D eigenvalue weighted by atomic mass is 16.3. The molecule has 6 heteroatoms. The van der Waals surface area contributed by atoms with Gasteiger partial charge in [0.1, 0.15) is 0 Å². The molecule has 1 saturated heterocycles. The Morgan fingerprint density at radius 2 is 2.00 bits per heavy atom. The maximum atomic E-state index is 9.61. The van der Waals surface area contributed by atoms with Gasteiger partial charge >= 0.3 is 0 Å². The fraction of sp³-hybridized carbons (Fsp3) is 0.391. The summed E-state index contributed by atoms with van der Waals surface area (Å²) in [7, 11) is 0. The van der Waals surface area contributed by atoms with Gasteiger partial charge in [0, 0.05) is 69.2 Å². The second-order valence-corrected chi connectivity index (χ2v) is 7.72. The van der Waals surface area contributed by atoms with Gasteiger partial charge in [-0.3, -0.25) is 19.8 Å². The number of piperazine rings is 1. The molecule has 1 atom stereocenters. The highest BCUT2D eigenvalue weighted by molar-refractivity contribution is 5.32. The molecular weight excluding hydrogens is 362 g/mol. The Labute approximate surface area is 172 Å². The number of aliphatic hydroxyl groups excluding tert-OH is 1. The van der Waals surface area contributed by atoms with E-state index in [1.165, 1.54) is 5.69 Å². The van der Waals surface area contributed by atoms with Crippen molar-refractivity contribution >= 4 is 0 Å². The van der Waals surface area contributed by atoms with Gasteiger partial charge in [0.2, 0.25) is 0 Å². The summed E-state index contributed by atoms with van der Waals surface area (Å²) in [5.74, 6) is 0. The molecule has 4 rings (SSSR count). The number of nitrogens with zero attached hydrogens (tertiary/aromatic N) is 5. The first-order valence-corrected chi connectivity index (χ1v) is 10.3. The number of hydrogen-bond donors (Lipinski definition) is 1. The van der Waals surface area contributed by atoms with Gasteiger partial charge in [0.25, 0.3) is 0 Å². The lowest BCUT2D eigenvalue weighted by atomic mass is 10.1. The second kappa shape index (κ2) is 9.31. The predicted molar refractivity (Wildman–Crippen MR) is 114 cm³/mol. The van der Waals surface area contributed by atoms with E-state index in [-0.39, 0.29) is 6.61 Å². The smallest absolute Gasteiger partial charge is 0.0636 e. The van der Waals surface area contributed by atoms with Crippen LogP contribution in [0.5, 0.6) is 0 Å². The van der Waals surface area contributed by atoms with Gasteiger partial charge in [-0.1, -0.05) is 6.07 Å². The standard InChI is InChI=1S/C23H29N5O/c1-19-5-2-6-20(25-19)16-27-13-12-26(17-22(27)9-14-29)18-23-8-4-11-28(23)21-7-3-10-24-15-21/h2-8,10-11,15,22,29H,9,12-14,16-18H2,1H3/t22-/m1/s1. The van der Waals surface area contributed by atoms with E-state index in [0.717, 1.165) is 56.2 Å². The van der Waals surface area contributed by atoms with Crippen molar-refractivity contribution in [3.05, 3.63) is 78.1 Å². The summed E-state index contributed by atoms with van der Waals surface area (Å²) < 4.78 is 2.21. The van der Waals surface area contributed by atoms with Crippen LogP contribution in [0.1, 0.15) is 23.5 Å². The molecule has 0 bridgehead atoms. The molecule has 29 heavy (non-hydrogen) atoms. The Morgan fingerprint density at radius 1 is 1.07 bits per heavy atom. The van der Waals surface area contributed by atoms with Crippen molar-refractivity contribution in [2.45, 2.75) is 32.5 Å². The van der Waals surface area contributed by atoms with E-state index < -0.39 is 0 Å². The first-order chi connectivity index (χ1) is 14.2. The molecule has 4 heterocycles. The van der Waals surface area contributed by atoms with Crippen LogP contribution in [0.2, 0.25) is 0 Å². The van der Waals surface area contributed by atoms with Crippen LogP contribution in [0.4, 0.5) is 0 Å². The molecule has 1 aliphatic heterocycles. The third-order valence-corrected chi connectivity index (χ3v) is 5.61. The first-order valence-electron chi connectivity index (χ1n) is 10.3. The van der Waals surface area contributed by atoms with E-state index in [1.807, 2.05) is 25.3 Å². The van der Waals surface area contributed by atoms with E-state index in [2.05, 4.69) is 60.9 Å². The molecule has 1 fully saturated rings. The maximum absolute atomic E-state index is 9.61. The molecule has 0 aromatic carbocycles. The topological polar surface area (TPSA) is 57.4 Å². The van der Waals surface area contributed by atoms with Crippen LogP contribution < -0.4 is 0 Å². The summed E-state index contributed by atoms with van der Waals surface area (Å²) in [6.45, 7) is 6.91. The lowest BCUT2D eigenvalue weighted by molar-refractivity contribution is 0.0483. The zero-order valence-corrected chi connectivity index (χ0v) is 17.0. The summed E-state index contributed by atoms with van der Waals surface area (Å²) in [4.78, 5) is 13.9. The molecule has 0 saturated carbocycles. The highest BCUT2D eigenvalue weighted by Crippen LogP contribution is 2.19. The Morgan fingerprint density at radius 3 is 2.79 bits per heavy atom. The van der Waals surface area contributed by atoms with Crippen LogP contribution in [0.15, 0.2) is 61.1 Å². The molecule has 152 valence electrons. The zero-order valence-electron chi connectivity index (χ0n) is 17.0. The third-order valence-electron chi connectivity index (χ3n) is 5.61. The minimum atomic E-state index is 0.211. The van der Waals surface area contributed by atoms with Crippen molar-refractivity contribution in [2.75, 3.05) is 26.2 Å². The van der Waals surface area contributed by atoms with Gasteiger partial charge in [-0.15, -0.1) is 0 Å². The van der Waals surface area contributed by atoms with Gasteiger partial charge in [0.05, 0.1) is 17.6 Å². The molecule has 0 amide bonds. The van der Waals surface area contributed by atoms with Crippen LogP contribution in [-0.4, -0.2) is 61.7 Å². The lowest BCUT2D eigenvalue weighted by Crippen LogP contribution is -2.52. The number of pyridine rings is 2. The van der Waals surface area contributed by atoms with E-state index in [0.29, 0.717) is 6.04 Å². The van der Waals surface area contributed by atoms with Gasteiger partial charge in [-0.05, 0) is 49.7 Å². The molecular formula is C23H29N5O. The van der Waals surface area contributed by atoms with Crippen molar-refractivity contribution in [1.82, 2.24) is 24.3 Å². The largest absolute Gasteiger partial charge is 0.396 e. The number of rotatable bonds is 7. The molecule has 0 unspecified atom stereocenters. The Hall–Kier alpha value is -2.54. The Kier molecular flexibility index (Phi) is 6.34. The molecule has 0 aliphatic carbocycles. The second-order valence-electron chi connectivity index (χ2n) is 7.72. The van der Waals surface area contributed by atoms with Gasteiger partial charge in [-0.2, -0.15) is 0 Å². The van der Waals surface area contributed by atoms with Gasteiger partial charge < -0.3 is 9.67 Å². The van der Waals surface area contributed by atoms with Crippen LogP contribution in [0.25, 0.3) is 5.69 Å². The monoisotopic (exact) mass is 391 g/mol. The molecule has 0 spiro atoms. The van der Waals surface area contributed by atoms with Gasteiger partial charge in [0.15, 0.2) is 0 Å². The summed E-state index contributed by atoms with van der Waals surface area (Å²) >= 11 is 0. The summed E-state index contributed by atoms with van der Waals surface area (Å²) in [5.41, 5.74) is 4.50. The van der Waals surface area contributed by atoms with Gasteiger partial charge in [-0.25, -0.2) is 0 Å². The molecule has 3 aromatic rings. The van der Waals surface area contributed by atoms with E-state index in [4.69, 9.17) is 0 Å². The molecule has 1 aliphatic rings. The highest BCUT2D eigenvalue weighted by Gasteiger charge is 2.27. The normalized spacial score (nSPS) is 18.2. The van der Waals surface area contributed by atoms with Crippen molar-refractivity contribution in [1.29, 1.82) is 0 Å². The SMILES string of the molecule is Cc1cccc(CN2CCN(Cc3cccn3-c3cccnc3)C[C@H]2CCO)n1. The zero-order chi connectivity index (χ0) is 20.1. The van der Waals surface area contributed by atoms with Crippen LogP contribution in [0, 0.1) is 6.92 Å². The Bertz CT molecular complexity index is 910. The maximum Gasteiger partial charge on any atom is 0.0636 e. The van der Waals surface area contributed by atoms with Crippen LogP contribution in [0.3, 0.4) is 0 Å². The fourth-order valence-corrected chi connectivity index (χ4v) is 4.15. The lowest BCUT2D eigenvalue weighted by Gasteiger charge is -2.41. The average Bonchev–Trinajstić information content (AvgIpc) is 3.19. The summed E-state index contributed by atoms with van der Waals surface area (Å²) in [6, 6.07) is 14.8. The molecule has 6 nitrogen and oxygen atoms in total.